The highest BCUT2D eigenvalue weighted by Crippen LogP contribution is 1.88. The minimum atomic E-state index is 0.638. The van der Waals surface area contributed by atoms with Gasteiger partial charge in [-0.2, -0.15) is 4.98 Å². The molecule has 0 amide bonds. The third kappa shape index (κ3) is 1.81. The van der Waals surface area contributed by atoms with Crippen LogP contribution in [-0.2, 0) is 11.2 Å². The van der Waals surface area contributed by atoms with E-state index in [2.05, 4.69) is 14.7 Å². The van der Waals surface area contributed by atoms with Gasteiger partial charge in [0.2, 0.25) is 6.39 Å². The van der Waals surface area contributed by atoms with Crippen LogP contribution in [0.5, 0.6) is 0 Å². The van der Waals surface area contributed by atoms with Gasteiger partial charge in [0, 0.05) is 13.5 Å². The normalized spacial score (nSPS) is 9.89. The van der Waals surface area contributed by atoms with Gasteiger partial charge in [-0.25, -0.2) is 0 Å². The lowest BCUT2D eigenvalue weighted by Crippen LogP contribution is -1.95. The zero-order valence-corrected chi connectivity index (χ0v) is 5.20. The second kappa shape index (κ2) is 3.19. The number of methoxy groups -OCH3 is 1. The Morgan fingerprint density at radius 1 is 1.78 bits per heavy atom. The Morgan fingerprint density at radius 3 is 3.22 bits per heavy atom. The van der Waals surface area contributed by atoms with Crippen molar-refractivity contribution in [3.05, 3.63) is 12.2 Å². The van der Waals surface area contributed by atoms with Crippen molar-refractivity contribution in [3.63, 3.8) is 0 Å². The van der Waals surface area contributed by atoms with E-state index in [1.807, 2.05) is 0 Å². The smallest absolute Gasteiger partial charge is 0.213 e. The van der Waals surface area contributed by atoms with E-state index in [0.29, 0.717) is 18.9 Å². The maximum Gasteiger partial charge on any atom is 0.213 e. The summed E-state index contributed by atoms with van der Waals surface area (Å²) < 4.78 is 9.29. The quantitative estimate of drug-likeness (QED) is 0.585. The van der Waals surface area contributed by atoms with Crippen LogP contribution in [0.3, 0.4) is 0 Å². The molecule has 0 aliphatic heterocycles. The lowest BCUT2D eigenvalue weighted by molar-refractivity contribution is 0.199. The summed E-state index contributed by atoms with van der Waals surface area (Å²) in [6.45, 7) is 0.638. The topological polar surface area (TPSA) is 48.2 Å². The van der Waals surface area contributed by atoms with Gasteiger partial charge in [-0.15, -0.1) is 0 Å². The average Bonchev–Trinajstić information content (AvgIpc) is 2.34. The minimum Gasteiger partial charge on any atom is -0.384 e. The summed E-state index contributed by atoms with van der Waals surface area (Å²) in [5.74, 6) is 0.692. The van der Waals surface area contributed by atoms with E-state index in [9.17, 15) is 0 Å². The van der Waals surface area contributed by atoms with E-state index in [4.69, 9.17) is 4.74 Å². The van der Waals surface area contributed by atoms with E-state index in [-0.39, 0.29) is 0 Å². The highest BCUT2D eigenvalue weighted by atomic mass is 16.5. The molecule has 0 aromatic carbocycles. The van der Waals surface area contributed by atoms with E-state index in [0.717, 1.165) is 0 Å². The summed E-state index contributed by atoms with van der Waals surface area (Å²) in [6, 6.07) is 0. The van der Waals surface area contributed by atoms with Crippen LogP contribution in [0.15, 0.2) is 10.9 Å². The van der Waals surface area contributed by atoms with Gasteiger partial charge < -0.3 is 9.26 Å². The van der Waals surface area contributed by atoms with Crippen LogP contribution in [-0.4, -0.2) is 23.9 Å². The highest BCUT2D eigenvalue weighted by molar-refractivity contribution is 4.76. The first kappa shape index (κ1) is 6.22. The summed E-state index contributed by atoms with van der Waals surface area (Å²) in [7, 11) is 1.64. The fraction of sp³-hybridized carbons (Fsp3) is 0.600. The van der Waals surface area contributed by atoms with Gasteiger partial charge in [0.15, 0.2) is 5.82 Å². The standard InChI is InChI=1S/C5H8N2O2/c1-8-3-2-5-6-4-9-7-5/h4H,2-3H2,1H3. The third-order valence-corrected chi connectivity index (χ3v) is 0.937. The second-order valence-electron chi connectivity index (χ2n) is 1.59. The van der Waals surface area contributed by atoms with E-state index in [1.165, 1.54) is 6.39 Å². The number of hydrogen-bond acceptors (Lipinski definition) is 4. The number of rotatable bonds is 3. The molecule has 0 saturated carbocycles. The van der Waals surface area contributed by atoms with Crippen LogP contribution in [0.25, 0.3) is 0 Å². The Hall–Kier alpha value is -0.900. The first-order valence-electron chi connectivity index (χ1n) is 2.67. The Kier molecular flexibility index (Phi) is 2.21. The molecule has 0 atom stereocenters. The van der Waals surface area contributed by atoms with E-state index < -0.39 is 0 Å². The molecule has 0 saturated heterocycles. The van der Waals surface area contributed by atoms with Gasteiger partial charge in [0.05, 0.1) is 6.61 Å². The molecule has 1 aromatic heterocycles. The monoisotopic (exact) mass is 128 g/mol. The number of hydrogen-bond donors (Lipinski definition) is 0. The lowest BCUT2D eigenvalue weighted by atomic mass is 10.4. The van der Waals surface area contributed by atoms with Crippen LogP contribution in [0.1, 0.15) is 5.82 Å². The number of aromatic nitrogens is 2. The predicted molar refractivity (Wildman–Crippen MR) is 29.9 cm³/mol. The molecule has 0 aliphatic carbocycles. The van der Waals surface area contributed by atoms with Crippen LogP contribution >= 0.6 is 0 Å². The Morgan fingerprint density at radius 2 is 2.67 bits per heavy atom. The molecule has 4 nitrogen and oxygen atoms in total. The van der Waals surface area contributed by atoms with Gasteiger partial charge in [-0.3, -0.25) is 0 Å². The first-order chi connectivity index (χ1) is 4.43. The first-order valence-corrected chi connectivity index (χ1v) is 2.67. The van der Waals surface area contributed by atoms with Crippen LogP contribution in [0.4, 0.5) is 0 Å². The third-order valence-electron chi connectivity index (χ3n) is 0.937. The number of nitrogens with zero attached hydrogens (tertiary/aromatic N) is 2. The summed E-state index contributed by atoms with van der Waals surface area (Å²) in [6.07, 6.45) is 2.03. The molecule has 1 rings (SSSR count). The zero-order chi connectivity index (χ0) is 6.53. The Balaban J connectivity index is 2.30. The predicted octanol–water partition coefficient (Wildman–Crippen LogP) is 0.259. The number of ether oxygens (including phenoxy) is 1. The summed E-state index contributed by atoms with van der Waals surface area (Å²) in [5.41, 5.74) is 0. The molecule has 9 heavy (non-hydrogen) atoms. The van der Waals surface area contributed by atoms with Crippen molar-refractivity contribution < 1.29 is 9.26 Å². The molecule has 0 radical (unpaired) electrons. The van der Waals surface area contributed by atoms with E-state index >= 15 is 0 Å². The molecule has 0 fully saturated rings. The fourth-order valence-corrected chi connectivity index (χ4v) is 0.496. The molecule has 0 unspecified atom stereocenters. The molecule has 1 aromatic rings. The summed E-state index contributed by atoms with van der Waals surface area (Å²) >= 11 is 0. The van der Waals surface area contributed by atoms with Crippen molar-refractivity contribution in [1.82, 2.24) is 10.1 Å². The van der Waals surface area contributed by atoms with Gasteiger partial charge >= 0.3 is 0 Å². The molecular formula is C5H8N2O2. The summed E-state index contributed by atoms with van der Waals surface area (Å²) in [4.78, 5) is 3.80. The van der Waals surface area contributed by atoms with Gasteiger partial charge in [-0.1, -0.05) is 5.16 Å². The zero-order valence-electron chi connectivity index (χ0n) is 5.20. The van der Waals surface area contributed by atoms with Crippen molar-refractivity contribution >= 4 is 0 Å². The summed E-state index contributed by atoms with van der Waals surface area (Å²) in [5, 5.41) is 3.59. The lowest BCUT2D eigenvalue weighted by Gasteiger charge is -1.89. The molecule has 4 heteroatoms. The van der Waals surface area contributed by atoms with Gasteiger partial charge in [-0.05, 0) is 0 Å². The minimum absolute atomic E-state index is 0.638. The molecule has 0 N–H and O–H groups in total. The molecular weight excluding hydrogens is 120 g/mol. The molecule has 50 valence electrons. The van der Waals surface area contributed by atoms with Crippen molar-refractivity contribution in [2.75, 3.05) is 13.7 Å². The second-order valence-corrected chi connectivity index (χ2v) is 1.59. The maximum absolute atomic E-state index is 4.79. The van der Waals surface area contributed by atoms with E-state index in [1.54, 1.807) is 7.11 Å². The van der Waals surface area contributed by atoms with Gasteiger partial charge in [0.1, 0.15) is 0 Å². The molecule has 0 aliphatic rings. The highest BCUT2D eigenvalue weighted by Gasteiger charge is 1.94. The van der Waals surface area contributed by atoms with Crippen LogP contribution in [0.2, 0.25) is 0 Å². The SMILES string of the molecule is COCCc1ncon1. The van der Waals surface area contributed by atoms with Crippen molar-refractivity contribution in [3.8, 4) is 0 Å². The van der Waals surface area contributed by atoms with Crippen molar-refractivity contribution in [2.45, 2.75) is 6.42 Å². The van der Waals surface area contributed by atoms with Crippen molar-refractivity contribution in [1.29, 1.82) is 0 Å². The maximum atomic E-state index is 4.79. The molecule has 0 bridgehead atoms. The largest absolute Gasteiger partial charge is 0.384 e. The fourth-order valence-electron chi connectivity index (χ4n) is 0.496. The Bertz CT molecular complexity index is 150. The van der Waals surface area contributed by atoms with Crippen LogP contribution in [0, 0.1) is 0 Å². The average molecular weight is 128 g/mol. The van der Waals surface area contributed by atoms with Gasteiger partial charge in [0.25, 0.3) is 0 Å². The van der Waals surface area contributed by atoms with Crippen molar-refractivity contribution in [2.24, 2.45) is 0 Å². The molecule has 0 spiro atoms. The Labute approximate surface area is 52.8 Å². The molecule has 1 heterocycles. The van der Waals surface area contributed by atoms with Crippen LogP contribution < -0.4 is 0 Å².